The summed E-state index contributed by atoms with van der Waals surface area (Å²) in [5, 5.41) is 1.02. The number of hydrogen-bond acceptors (Lipinski definition) is 5. The first-order valence-electron chi connectivity index (χ1n) is 10.1. The number of fused-ring (bicyclic) bond motifs is 3. The molecule has 7 heteroatoms. The first kappa shape index (κ1) is 19.0. The lowest BCUT2D eigenvalue weighted by Crippen LogP contribution is -2.29. The largest absolute Gasteiger partial charge is 0.454 e. The molecule has 3 heterocycles. The van der Waals surface area contributed by atoms with Gasteiger partial charge in [-0.15, -0.1) is 0 Å². The van der Waals surface area contributed by atoms with Crippen LogP contribution in [0.1, 0.15) is 33.3 Å². The molecule has 4 aromatic rings. The molecule has 1 aromatic heterocycles. The minimum Gasteiger partial charge on any atom is -0.454 e. The molecule has 3 aromatic carbocycles. The second kappa shape index (κ2) is 7.14. The lowest BCUT2D eigenvalue weighted by atomic mass is 9.98. The Bertz CT molecular complexity index is 1440. The number of rotatable bonds is 3. The summed E-state index contributed by atoms with van der Waals surface area (Å²) >= 11 is 6.09. The highest BCUT2D eigenvalue weighted by atomic mass is 35.5. The third kappa shape index (κ3) is 2.87. The van der Waals surface area contributed by atoms with Crippen LogP contribution in [0.25, 0.3) is 11.0 Å². The SMILES string of the molecule is O=C1c2oc3ccccc3c(=O)c2C(c2ccc(Cl)cc2)N1Cc1ccc2c(c1)OCO2. The van der Waals surface area contributed by atoms with Gasteiger partial charge in [0, 0.05) is 11.6 Å². The van der Waals surface area contributed by atoms with Crippen LogP contribution < -0.4 is 14.9 Å². The molecule has 0 bridgehead atoms. The molecular formula is C25H16ClNO5. The van der Waals surface area contributed by atoms with Gasteiger partial charge in [-0.3, -0.25) is 9.59 Å². The van der Waals surface area contributed by atoms with E-state index in [-0.39, 0.29) is 30.4 Å². The topological polar surface area (TPSA) is 69.0 Å². The van der Waals surface area contributed by atoms with Crippen molar-refractivity contribution >= 4 is 28.5 Å². The molecule has 2 aliphatic rings. The average molecular weight is 446 g/mol. The Hall–Kier alpha value is -3.77. The van der Waals surface area contributed by atoms with E-state index in [1.54, 1.807) is 41.3 Å². The maximum Gasteiger partial charge on any atom is 0.291 e. The highest BCUT2D eigenvalue weighted by Crippen LogP contribution is 2.40. The van der Waals surface area contributed by atoms with E-state index in [9.17, 15) is 9.59 Å². The lowest BCUT2D eigenvalue weighted by molar-refractivity contribution is 0.0714. The molecule has 2 aliphatic heterocycles. The zero-order chi connectivity index (χ0) is 21.8. The quantitative estimate of drug-likeness (QED) is 0.447. The van der Waals surface area contributed by atoms with E-state index in [0.29, 0.717) is 33.1 Å². The third-order valence-electron chi connectivity index (χ3n) is 5.85. The Balaban J connectivity index is 1.51. The van der Waals surface area contributed by atoms with Gasteiger partial charge in [0.25, 0.3) is 5.91 Å². The molecule has 6 nitrogen and oxygen atoms in total. The number of para-hydroxylation sites is 1. The molecule has 158 valence electrons. The van der Waals surface area contributed by atoms with Gasteiger partial charge in [0.2, 0.25) is 12.6 Å². The Morgan fingerprint density at radius 1 is 0.938 bits per heavy atom. The van der Waals surface area contributed by atoms with E-state index in [0.717, 1.165) is 11.1 Å². The number of halogens is 1. The maximum absolute atomic E-state index is 13.5. The van der Waals surface area contributed by atoms with Crippen molar-refractivity contribution in [3.63, 3.8) is 0 Å². The summed E-state index contributed by atoms with van der Waals surface area (Å²) in [6, 6.07) is 19.1. The van der Waals surface area contributed by atoms with Gasteiger partial charge in [-0.2, -0.15) is 0 Å². The van der Waals surface area contributed by atoms with Crippen LogP contribution in [0.4, 0.5) is 0 Å². The minimum absolute atomic E-state index is 0.0781. The summed E-state index contributed by atoms with van der Waals surface area (Å²) in [4.78, 5) is 28.6. The van der Waals surface area contributed by atoms with Crippen LogP contribution >= 0.6 is 11.6 Å². The number of benzene rings is 3. The molecule has 32 heavy (non-hydrogen) atoms. The van der Waals surface area contributed by atoms with E-state index < -0.39 is 6.04 Å². The Morgan fingerprint density at radius 3 is 2.56 bits per heavy atom. The van der Waals surface area contributed by atoms with Crippen molar-refractivity contribution in [1.82, 2.24) is 4.90 Å². The van der Waals surface area contributed by atoms with Gasteiger partial charge >= 0.3 is 0 Å². The first-order chi connectivity index (χ1) is 15.6. The van der Waals surface area contributed by atoms with Crippen molar-refractivity contribution < 1.29 is 18.7 Å². The number of carbonyl (C=O) groups excluding carboxylic acids is 1. The van der Waals surface area contributed by atoms with Crippen LogP contribution in [0.3, 0.4) is 0 Å². The van der Waals surface area contributed by atoms with Gasteiger partial charge in [-0.1, -0.05) is 41.9 Å². The number of hydrogen-bond donors (Lipinski definition) is 0. The molecule has 1 atom stereocenters. The molecule has 0 saturated carbocycles. The standard InChI is InChI=1S/C25H16ClNO5/c26-16-8-6-15(7-9-16)22-21-23(28)17-3-1-2-4-18(17)32-24(21)25(29)27(22)12-14-5-10-19-20(11-14)31-13-30-19/h1-11,22H,12-13H2. The average Bonchev–Trinajstić information content (AvgIpc) is 3.38. The number of carbonyl (C=O) groups is 1. The molecule has 0 aliphatic carbocycles. The maximum atomic E-state index is 13.5. The molecule has 0 spiro atoms. The number of amides is 1. The van der Waals surface area contributed by atoms with Gasteiger partial charge < -0.3 is 18.8 Å². The highest BCUT2D eigenvalue weighted by molar-refractivity contribution is 6.30. The van der Waals surface area contributed by atoms with Crippen molar-refractivity contribution in [1.29, 1.82) is 0 Å². The van der Waals surface area contributed by atoms with E-state index >= 15 is 0 Å². The van der Waals surface area contributed by atoms with Crippen molar-refractivity contribution in [2.45, 2.75) is 12.6 Å². The van der Waals surface area contributed by atoms with Gasteiger partial charge in [0.05, 0.1) is 17.0 Å². The second-order valence-corrected chi connectivity index (χ2v) is 8.18. The summed E-state index contributed by atoms with van der Waals surface area (Å²) in [5.74, 6) is 1.05. The number of nitrogens with zero attached hydrogens (tertiary/aromatic N) is 1. The van der Waals surface area contributed by atoms with E-state index in [1.165, 1.54) is 0 Å². The second-order valence-electron chi connectivity index (χ2n) is 7.74. The fourth-order valence-corrected chi connectivity index (χ4v) is 4.48. The zero-order valence-electron chi connectivity index (χ0n) is 16.7. The molecular weight excluding hydrogens is 430 g/mol. The Morgan fingerprint density at radius 2 is 1.72 bits per heavy atom. The Labute approximate surface area is 187 Å². The van der Waals surface area contributed by atoms with Gasteiger partial charge in [0.15, 0.2) is 16.9 Å². The molecule has 0 radical (unpaired) electrons. The lowest BCUT2D eigenvalue weighted by Gasteiger charge is -2.25. The van der Waals surface area contributed by atoms with Crippen LogP contribution in [0.5, 0.6) is 11.5 Å². The van der Waals surface area contributed by atoms with Gasteiger partial charge in [0.1, 0.15) is 5.58 Å². The van der Waals surface area contributed by atoms with Crippen molar-refractivity contribution in [3.8, 4) is 11.5 Å². The van der Waals surface area contributed by atoms with Crippen LogP contribution in [-0.4, -0.2) is 17.6 Å². The van der Waals surface area contributed by atoms with Crippen LogP contribution in [0, 0.1) is 0 Å². The van der Waals surface area contributed by atoms with E-state index in [4.69, 9.17) is 25.5 Å². The minimum atomic E-state index is -0.596. The van der Waals surface area contributed by atoms with E-state index in [2.05, 4.69) is 0 Å². The van der Waals surface area contributed by atoms with Crippen molar-refractivity contribution in [3.05, 3.63) is 104 Å². The molecule has 1 amide bonds. The van der Waals surface area contributed by atoms with Gasteiger partial charge in [-0.25, -0.2) is 0 Å². The predicted octanol–water partition coefficient (Wildman–Crippen LogP) is 4.92. The molecule has 6 rings (SSSR count). The predicted molar refractivity (Wildman–Crippen MR) is 118 cm³/mol. The first-order valence-corrected chi connectivity index (χ1v) is 10.5. The van der Waals surface area contributed by atoms with Crippen molar-refractivity contribution in [2.24, 2.45) is 0 Å². The smallest absolute Gasteiger partial charge is 0.291 e. The zero-order valence-corrected chi connectivity index (χ0v) is 17.5. The molecule has 0 saturated heterocycles. The summed E-state index contributed by atoms with van der Waals surface area (Å²) in [5.41, 5.74) is 2.17. The molecule has 1 unspecified atom stereocenters. The fraction of sp³-hybridized carbons (Fsp3) is 0.120. The highest BCUT2D eigenvalue weighted by Gasteiger charge is 2.42. The normalized spacial score (nSPS) is 16.6. The van der Waals surface area contributed by atoms with Crippen LogP contribution in [0.2, 0.25) is 5.02 Å². The summed E-state index contributed by atoms with van der Waals surface area (Å²) in [6.45, 7) is 0.439. The van der Waals surface area contributed by atoms with Crippen molar-refractivity contribution in [2.75, 3.05) is 6.79 Å². The Kier molecular flexibility index (Phi) is 4.23. The third-order valence-corrected chi connectivity index (χ3v) is 6.10. The summed E-state index contributed by atoms with van der Waals surface area (Å²) < 4.78 is 16.8. The summed E-state index contributed by atoms with van der Waals surface area (Å²) in [7, 11) is 0. The van der Waals surface area contributed by atoms with Crippen LogP contribution in [-0.2, 0) is 6.54 Å². The molecule has 0 fully saturated rings. The van der Waals surface area contributed by atoms with E-state index in [1.807, 2.05) is 30.3 Å². The summed E-state index contributed by atoms with van der Waals surface area (Å²) in [6.07, 6.45) is 0. The molecule has 0 N–H and O–H groups in total. The van der Waals surface area contributed by atoms with Gasteiger partial charge in [-0.05, 0) is 47.5 Å². The monoisotopic (exact) mass is 445 g/mol. The number of ether oxygens (including phenoxy) is 2. The van der Waals surface area contributed by atoms with Crippen LogP contribution in [0.15, 0.2) is 75.9 Å². The fourth-order valence-electron chi connectivity index (χ4n) is 4.36.